The predicted octanol–water partition coefficient (Wildman–Crippen LogP) is 1.90. The highest BCUT2D eigenvalue weighted by atomic mass is 16.6. The molecule has 5 heteroatoms. The summed E-state index contributed by atoms with van der Waals surface area (Å²) in [4.78, 5) is 14.7. The molecule has 1 aromatic rings. The van der Waals surface area contributed by atoms with E-state index in [2.05, 4.69) is 13.8 Å². The number of hydrogen-bond acceptors (Lipinski definition) is 4. The van der Waals surface area contributed by atoms with Crippen molar-refractivity contribution in [3.05, 3.63) is 23.8 Å². The lowest BCUT2D eigenvalue weighted by molar-refractivity contribution is 0.0725. The molecule has 2 rings (SSSR count). The molecule has 0 saturated carbocycles. The second-order valence-electron chi connectivity index (χ2n) is 5.62. The third kappa shape index (κ3) is 3.88. The van der Waals surface area contributed by atoms with Crippen molar-refractivity contribution in [3.63, 3.8) is 0 Å². The highest BCUT2D eigenvalue weighted by Crippen LogP contribution is 2.34. The van der Waals surface area contributed by atoms with Gasteiger partial charge in [-0.25, -0.2) is 0 Å². The van der Waals surface area contributed by atoms with Crippen LogP contribution in [0.5, 0.6) is 11.5 Å². The average molecular weight is 292 g/mol. The van der Waals surface area contributed by atoms with Gasteiger partial charge in [-0.3, -0.25) is 4.79 Å². The van der Waals surface area contributed by atoms with Crippen LogP contribution in [-0.2, 0) is 0 Å². The number of hydrogen-bond donors (Lipinski definition) is 1. The highest BCUT2D eigenvalue weighted by molar-refractivity contribution is 5.97. The highest BCUT2D eigenvalue weighted by Gasteiger charge is 2.24. The molecule has 1 aromatic carbocycles. The van der Waals surface area contributed by atoms with Gasteiger partial charge in [-0.2, -0.15) is 0 Å². The van der Waals surface area contributed by atoms with Gasteiger partial charge in [0.2, 0.25) is 0 Å². The zero-order chi connectivity index (χ0) is 15.2. The van der Waals surface area contributed by atoms with E-state index in [1.54, 1.807) is 6.07 Å². The number of para-hydroxylation sites is 1. The van der Waals surface area contributed by atoms with Crippen LogP contribution in [0.2, 0.25) is 0 Å². The summed E-state index contributed by atoms with van der Waals surface area (Å²) in [5.74, 6) is 1.61. The first kappa shape index (κ1) is 15.6. The second kappa shape index (κ2) is 7.31. The van der Waals surface area contributed by atoms with Crippen molar-refractivity contribution in [3.8, 4) is 11.5 Å². The molecule has 21 heavy (non-hydrogen) atoms. The van der Waals surface area contributed by atoms with Gasteiger partial charge < -0.3 is 20.1 Å². The summed E-state index contributed by atoms with van der Waals surface area (Å²) in [7, 11) is 0. The van der Waals surface area contributed by atoms with Gasteiger partial charge >= 0.3 is 0 Å². The topological polar surface area (TPSA) is 64.8 Å². The summed E-state index contributed by atoms with van der Waals surface area (Å²) in [5, 5.41) is 0. The van der Waals surface area contributed by atoms with Crippen molar-refractivity contribution in [1.29, 1.82) is 0 Å². The van der Waals surface area contributed by atoms with Crippen LogP contribution in [0, 0.1) is 5.92 Å². The Kier molecular flexibility index (Phi) is 5.44. The van der Waals surface area contributed by atoms with Gasteiger partial charge in [0.1, 0.15) is 13.2 Å². The van der Waals surface area contributed by atoms with E-state index in [4.69, 9.17) is 15.2 Å². The van der Waals surface area contributed by atoms with Crippen LogP contribution in [-0.4, -0.2) is 43.7 Å². The normalized spacial score (nSPS) is 13.3. The SMILES string of the molecule is CC(C)CN(CCCN)C(=O)c1cccc2c1OCCO2. The molecule has 5 nitrogen and oxygen atoms in total. The van der Waals surface area contributed by atoms with Crippen LogP contribution in [0.25, 0.3) is 0 Å². The standard InChI is InChI=1S/C16H24N2O3/c1-12(2)11-18(8-4-7-17)16(19)13-5-3-6-14-15(13)21-10-9-20-14/h3,5-6,12H,4,7-11,17H2,1-2H3. The van der Waals surface area contributed by atoms with Crippen molar-refractivity contribution >= 4 is 5.91 Å². The number of carbonyl (C=O) groups is 1. The molecule has 0 atom stereocenters. The van der Waals surface area contributed by atoms with Gasteiger partial charge in [-0.1, -0.05) is 19.9 Å². The summed E-state index contributed by atoms with van der Waals surface area (Å²) in [5.41, 5.74) is 6.15. The van der Waals surface area contributed by atoms with Crippen LogP contribution >= 0.6 is 0 Å². The lowest BCUT2D eigenvalue weighted by Gasteiger charge is -2.27. The van der Waals surface area contributed by atoms with E-state index in [1.807, 2.05) is 17.0 Å². The molecule has 1 amide bonds. The molecular weight excluding hydrogens is 268 g/mol. The van der Waals surface area contributed by atoms with Gasteiger partial charge in [0.15, 0.2) is 11.5 Å². The first-order valence-electron chi connectivity index (χ1n) is 7.51. The molecule has 2 N–H and O–H groups in total. The number of ether oxygens (including phenoxy) is 2. The zero-order valence-corrected chi connectivity index (χ0v) is 12.8. The van der Waals surface area contributed by atoms with Gasteiger partial charge in [-0.15, -0.1) is 0 Å². The maximum absolute atomic E-state index is 12.8. The van der Waals surface area contributed by atoms with Gasteiger partial charge in [0.05, 0.1) is 5.56 Å². The third-order valence-electron chi connectivity index (χ3n) is 3.30. The molecule has 0 aliphatic carbocycles. The maximum Gasteiger partial charge on any atom is 0.257 e. The average Bonchev–Trinajstić information content (AvgIpc) is 2.50. The van der Waals surface area contributed by atoms with E-state index in [-0.39, 0.29) is 5.91 Å². The van der Waals surface area contributed by atoms with E-state index < -0.39 is 0 Å². The van der Waals surface area contributed by atoms with Crippen molar-refractivity contribution in [2.24, 2.45) is 11.7 Å². The van der Waals surface area contributed by atoms with Gasteiger partial charge in [0.25, 0.3) is 5.91 Å². The number of nitrogens with two attached hydrogens (primary N) is 1. The van der Waals surface area contributed by atoms with Crippen molar-refractivity contribution in [2.45, 2.75) is 20.3 Å². The molecular formula is C16H24N2O3. The van der Waals surface area contributed by atoms with Crippen LogP contribution in [0.4, 0.5) is 0 Å². The molecule has 0 aromatic heterocycles. The predicted molar refractivity (Wildman–Crippen MR) is 81.8 cm³/mol. The molecule has 0 radical (unpaired) electrons. The molecule has 0 saturated heterocycles. The number of nitrogens with zero attached hydrogens (tertiary/aromatic N) is 1. The van der Waals surface area contributed by atoms with Crippen LogP contribution < -0.4 is 15.2 Å². The first-order chi connectivity index (χ1) is 10.1. The largest absolute Gasteiger partial charge is 0.486 e. The quantitative estimate of drug-likeness (QED) is 0.870. The molecule has 0 bridgehead atoms. The fourth-order valence-corrected chi connectivity index (χ4v) is 2.41. The zero-order valence-electron chi connectivity index (χ0n) is 12.8. The fourth-order valence-electron chi connectivity index (χ4n) is 2.41. The molecule has 1 aliphatic heterocycles. The first-order valence-corrected chi connectivity index (χ1v) is 7.51. The molecule has 0 unspecified atom stereocenters. The van der Waals surface area contributed by atoms with Gasteiger partial charge in [-0.05, 0) is 31.0 Å². The second-order valence-corrected chi connectivity index (χ2v) is 5.62. The minimum atomic E-state index is -0.0144. The Hall–Kier alpha value is -1.75. The molecule has 1 aliphatic rings. The minimum absolute atomic E-state index is 0.0144. The fraction of sp³-hybridized carbons (Fsp3) is 0.562. The Morgan fingerprint density at radius 1 is 1.33 bits per heavy atom. The third-order valence-corrected chi connectivity index (χ3v) is 3.30. The Morgan fingerprint density at radius 2 is 2.10 bits per heavy atom. The van der Waals surface area contributed by atoms with E-state index >= 15 is 0 Å². The summed E-state index contributed by atoms with van der Waals surface area (Å²) >= 11 is 0. The number of fused-ring (bicyclic) bond motifs is 1. The number of rotatable bonds is 6. The summed E-state index contributed by atoms with van der Waals surface area (Å²) in [6.45, 7) is 7.15. The molecule has 1 heterocycles. The lowest BCUT2D eigenvalue weighted by atomic mass is 10.1. The Bertz CT molecular complexity index is 488. The summed E-state index contributed by atoms with van der Waals surface area (Å²) in [6, 6.07) is 5.46. The van der Waals surface area contributed by atoms with Crippen LogP contribution in [0.3, 0.4) is 0 Å². The monoisotopic (exact) mass is 292 g/mol. The molecule has 0 spiro atoms. The maximum atomic E-state index is 12.8. The summed E-state index contributed by atoms with van der Waals surface area (Å²) < 4.78 is 11.2. The van der Waals surface area contributed by atoms with E-state index in [0.29, 0.717) is 55.8 Å². The number of carbonyl (C=O) groups excluding carboxylic acids is 1. The lowest BCUT2D eigenvalue weighted by Crippen LogP contribution is -2.36. The number of benzene rings is 1. The van der Waals surface area contributed by atoms with Crippen molar-refractivity contribution in [1.82, 2.24) is 4.90 Å². The molecule has 0 fully saturated rings. The Labute approximate surface area is 126 Å². The van der Waals surface area contributed by atoms with Crippen molar-refractivity contribution < 1.29 is 14.3 Å². The van der Waals surface area contributed by atoms with Crippen LogP contribution in [0.1, 0.15) is 30.6 Å². The van der Waals surface area contributed by atoms with Crippen molar-refractivity contribution in [2.75, 3.05) is 32.8 Å². The molecule has 116 valence electrons. The summed E-state index contributed by atoms with van der Waals surface area (Å²) in [6.07, 6.45) is 0.796. The minimum Gasteiger partial charge on any atom is -0.486 e. The van der Waals surface area contributed by atoms with Gasteiger partial charge in [0, 0.05) is 13.1 Å². The van der Waals surface area contributed by atoms with Crippen LogP contribution in [0.15, 0.2) is 18.2 Å². The van der Waals surface area contributed by atoms with E-state index in [0.717, 1.165) is 6.42 Å². The van der Waals surface area contributed by atoms with E-state index in [9.17, 15) is 4.79 Å². The van der Waals surface area contributed by atoms with E-state index in [1.165, 1.54) is 0 Å². The Morgan fingerprint density at radius 3 is 2.81 bits per heavy atom. The smallest absolute Gasteiger partial charge is 0.257 e. The number of amides is 1. The Balaban J connectivity index is 2.23.